The molecule has 0 aliphatic carbocycles. The highest BCUT2D eigenvalue weighted by Gasteiger charge is 2.24. The van der Waals surface area contributed by atoms with E-state index in [4.69, 9.17) is 9.97 Å². The number of nitrogens with zero attached hydrogens (tertiary/aromatic N) is 6. The van der Waals surface area contributed by atoms with Crippen LogP contribution in [0.4, 0.5) is 5.95 Å². The van der Waals surface area contributed by atoms with E-state index in [9.17, 15) is 0 Å². The molecule has 0 amide bonds. The van der Waals surface area contributed by atoms with Gasteiger partial charge in [0.2, 0.25) is 5.95 Å². The maximum Gasteiger partial charge on any atom is 0.225 e. The molecule has 164 valence electrons. The summed E-state index contributed by atoms with van der Waals surface area (Å²) in [5.74, 6) is 2.69. The molecule has 0 bridgehead atoms. The third-order valence-electron chi connectivity index (χ3n) is 6.29. The van der Waals surface area contributed by atoms with Crippen LogP contribution in [0.2, 0.25) is 0 Å². The van der Waals surface area contributed by atoms with E-state index >= 15 is 0 Å². The lowest BCUT2D eigenvalue weighted by Crippen LogP contribution is -2.33. The Morgan fingerprint density at radius 2 is 1.81 bits per heavy atom. The average molecular weight is 419 g/mol. The molecule has 31 heavy (non-hydrogen) atoms. The van der Waals surface area contributed by atoms with Gasteiger partial charge in [0.1, 0.15) is 5.82 Å². The second-order valence-corrected chi connectivity index (χ2v) is 9.05. The fraction of sp³-hybridized carbons (Fsp3) is 0.560. The monoisotopic (exact) mass is 418 g/mol. The summed E-state index contributed by atoms with van der Waals surface area (Å²) in [7, 11) is 0. The smallest absolute Gasteiger partial charge is 0.225 e. The van der Waals surface area contributed by atoms with Gasteiger partial charge in [-0.25, -0.2) is 19.9 Å². The van der Waals surface area contributed by atoms with Crippen molar-refractivity contribution in [3.05, 3.63) is 59.6 Å². The number of hydrogen-bond acceptors (Lipinski definition) is 6. The van der Waals surface area contributed by atoms with Crippen molar-refractivity contribution < 1.29 is 0 Å². The molecule has 4 rings (SSSR count). The molecule has 6 heteroatoms. The highest BCUT2D eigenvalue weighted by atomic mass is 15.3. The zero-order valence-corrected chi connectivity index (χ0v) is 18.9. The normalized spacial score (nSPS) is 17.8. The van der Waals surface area contributed by atoms with E-state index in [-0.39, 0.29) is 0 Å². The number of rotatable bonds is 7. The zero-order valence-electron chi connectivity index (χ0n) is 18.9. The summed E-state index contributed by atoms with van der Waals surface area (Å²) < 4.78 is 0. The molecular weight excluding hydrogens is 384 g/mol. The van der Waals surface area contributed by atoms with Crippen molar-refractivity contribution in [1.29, 1.82) is 0 Å². The third kappa shape index (κ3) is 5.57. The van der Waals surface area contributed by atoms with Crippen LogP contribution in [0.25, 0.3) is 0 Å². The quantitative estimate of drug-likeness (QED) is 0.627. The van der Waals surface area contributed by atoms with Crippen molar-refractivity contribution in [2.24, 2.45) is 0 Å². The summed E-state index contributed by atoms with van der Waals surface area (Å²) in [4.78, 5) is 23.7. The maximum atomic E-state index is 5.01. The molecule has 0 unspecified atom stereocenters. The predicted octanol–water partition coefficient (Wildman–Crippen LogP) is 4.25. The molecule has 2 saturated heterocycles. The van der Waals surface area contributed by atoms with Crippen LogP contribution in [0.3, 0.4) is 0 Å². The van der Waals surface area contributed by atoms with Crippen LogP contribution in [0.15, 0.2) is 36.8 Å². The van der Waals surface area contributed by atoms with Gasteiger partial charge in [-0.2, -0.15) is 0 Å². The van der Waals surface area contributed by atoms with E-state index in [2.05, 4.69) is 52.0 Å². The van der Waals surface area contributed by atoms with E-state index in [0.29, 0.717) is 11.8 Å². The van der Waals surface area contributed by atoms with Crippen molar-refractivity contribution in [1.82, 2.24) is 24.8 Å². The topological polar surface area (TPSA) is 58.0 Å². The summed E-state index contributed by atoms with van der Waals surface area (Å²) in [6, 6.07) is 2.20. The van der Waals surface area contributed by atoms with Crippen molar-refractivity contribution in [2.75, 3.05) is 31.1 Å². The summed E-state index contributed by atoms with van der Waals surface area (Å²) in [5, 5.41) is 0. The van der Waals surface area contributed by atoms with Crippen LogP contribution in [-0.4, -0.2) is 51.0 Å². The Morgan fingerprint density at radius 3 is 2.45 bits per heavy atom. The Morgan fingerprint density at radius 1 is 1.10 bits per heavy atom. The lowest BCUT2D eigenvalue weighted by molar-refractivity contribution is 0.203. The first-order valence-electron chi connectivity index (χ1n) is 11.6. The van der Waals surface area contributed by atoms with Crippen LogP contribution < -0.4 is 4.90 Å². The average Bonchev–Trinajstić information content (AvgIpc) is 3.33. The molecular formula is C25H34N6. The summed E-state index contributed by atoms with van der Waals surface area (Å²) >= 11 is 0. The molecule has 2 fully saturated rings. The molecule has 2 aliphatic heterocycles. The number of allylic oxidation sites excluding steroid dienone is 1. The standard InChI is InChI=1S/C25H34N6/c1-4-5-8-22-15-23(29-25(28-22)31-11-6-7-12-31)21-9-13-30(14-10-21)18-20-16-26-24(19(2)3)27-17-20/h5,15-17,19,21H,1,6-14,18H2,2-3H3. The number of piperidine rings is 1. The second kappa shape index (κ2) is 10.2. The van der Waals surface area contributed by atoms with Crippen molar-refractivity contribution in [3.63, 3.8) is 0 Å². The van der Waals surface area contributed by atoms with E-state index in [1.54, 1.807) is 0 Å². The van der Waals surface area contributed by atoms with Gasteiger partial charge in [0, 0.05) is 61.5 Å². The zero-order chi connectivity index (χ0) is 21.6. The first-order chi connectivity index (χ1) is 15.1. The minimum atomic E-state index is 0.370. The van der Waals surface area contributed by atoms with E-state index in [1.165, 1.54) is 24.1 Å². The molecule has 4 heterocycles. The van der Waals surface area contributed by atoms with Crippen molar-refractivity contribution >= 4 is 5.95 Å². The molecule has 2 aliphatic rings. The van der Waals surface area contributed by atoms with Gasteiger partial charge in [-0.3, -0.25) is 4.90 Å². The Kier molecular flexibility index (Phi) is 7.10. The van der Waals surface area contributed by atoms with Gasteiger partial charge in [0.05, 0.1) is 5.69 Å². The molecule has 2 aromatic heterocycles. The Balaban J connectivity index is 1.41. The first-order valence-corrected chi connectivity index (χ1v) is 11.6. The molecule has 0 aromatic carbocycles. The van der Waals surface area contributed by atoms with Gasteiger partial charge in [0.25, 0.3) is 0 Å². The number of hydrogen-bond donors (Lipinski definition) is 0. The minimum absolute atomic E-state index is 0.370. The molecule has 0 atom stereocenters. The van der Waals surface area contributed by atoms with E-state index in [0.717, 1.165) is 69.5 Å². The fourth-order valence-corrected chi connectivity index (χ4v) is 4.44. The largest absolute Gasteiger partial charge is 0.341 e. The predicted molar refractivity (Wildman–Crippen MR) is 124 cm³/mol. The first kappa shape index (κ1) is 21.7. The summed E-state index contributed by atoms with van der Waals surface area (Å²) in [6.45, 7) is 13.1. The fourth-order valence-electron chi connectivity index (χ4n) is 4.44. The molecule has 0 radical (unpaired) electrons. The highest BCUT2D eigenvalue weighted by Crippen LogP contribution is 2.29. The maximum absolute atomic E-state index is 5.01. The van der Waals surface area contributed by atoms with Gasteiger partial charge in [0.15, 0.2) is 0 Å². The Hall–Kier alpha value is -2.56. The third-order valence-corrected chi connectivity index (χ3v) is 6.29. The van der Waals surface area contributed by atoms with Crippen molar-refractivity contribution in [3.8, 4) is 0 Å². The van der Waals surface area contributed by atoms with Gasteiger partial charge in [-0.15, -0.1) is 5.73 Å². The van der Waals surface area contributed by atoms with E-state index in [1.807, 2.05) is 18.5 Å². The summed E-state index contributed by atoms with van der Waals surface area (Å²) in [5.41, 5.74) is 6.35. The molecule has 0 saturated carbocycles. The number of aromatic nitrogens is 4. The molecule has 0 spiro atoms. The highest BCUT2D eigenvalue weighted by molar-refractivity contribution is 5.35. The van der Waals surface area contributed by atoms with Crippen LogP contribution in [0.5, 0.6) is 0 Å². The van der Waals surface area contributed by atoms with Gasteiger partial charge in [-0.05, 0) is 50.9 Å². The number of likely N-dealkylation sites (tertiary alicyclic amines) is 1. The van der Waals surface area contributed by atoms with Gasteiger partial charge in [-0.1, -0.05) is 20.4 Å². The van der Waals surface area contributed by atoms with Crippen LogP contribution in [0, 0.1) is 0 Å². The van der Waals surface area contributed by atoms with Crippen LogP contribution >= 0.6 is 0 Å². The second-order valence-electron chi connectivity index (χ2n) is 9.05. The number of anilines is 1. The molecule has 2 aromatic rings. The Labute approximate surface area is 186 Å². The van der Waals surface area contributed by atoms with Crippen molar-refractivity contribution in [2.45, 2.75) is 64.3 Å². The lowest BCUT2D eigenvalue weighted by atomic mass is 9.92. The van der Waals surface area contributed by atoms with E-state index < -0.39 is 0 Å². The van der Waals surface area contributed by atoms with Crippen LogP contribution in [-0.2, 0) is 13.0 Å². The lowest BCUT2D eigenvalue weighted by Gasteiger charge is -2.32. The summed E-state index contributed by atoms with van der Waals surface area (Å²) in [6.07, 6.45) is 11.4. The van der Waals surface area contributed by atoms with Crippen LogP contribution in [0.1, 0.15) is 74.1 Å². The van der Waals surface area contributed by atoms with Gasteiger partial charge < -0.3 is 4.90 Å². The molecule has 0 N–H and O–H groups in total. The minimum Gasteiger partial charge on any atom is -0.341 e. The molecule has 6 nitrogen and oxygen atoms in total. The SMILES string of the molecule is C=C=CCc1cc(C2CCN(Cc3cnc(C(C)C)nc3)CC2)nc(N2CCCC2)n1. The Bertz CT molecular complexity index is 902. The van der Waals surface area contributed by atoms with Gasteiger partial charge >= 0.3 is 0 Å².